The number of halogens is 1. The molecular formula is C18H28ClN3O2. The molecule has 0 bridgehead atoms. The number of carbonyl (C=O) groups is 2. The number of rotatable bonds is 4. The normalized spacial score (nSPS) is 16.2. The zero-order valence-corrected chi connectivity index (χ0v) is 15.4. The second-order valence-electron chi connectivity index (χ2n) is 7.37. The Kier molecular flexibility index (Phi) is 7.24. The minimum absolute atomic E-state index is 0. The highest BCUT2D eigenvalue weighted by atomic mass is 35.5. The minimum atomic E-state index is -0.590. The van der Waals surface area contributed by atoms with Crippen LogP contribution in [0.1, 0.15) is 56.8 Å². The lowest BCUT2D eigenvalue weighted by atomic mass is 9.87. The van der Waals surface area contributed by atoms with Gasteiger partial charge in [0.05, 0.1) is 6.04 Å². The highest BCUT2D eigenvalue weighted by Crippen LogP contribution is 2.20. The van der Waals surface area contributed by atoms with Crippen molar-refractivity contribution in [2.24, 2.45) is 11.1 Å². The summed E-state index contributed by atoms with van der Waals surface area (Å²) in [5.41, 5.74) is 6.89. The van der Waals surface area contributed by atoms with Gasteiger partial charge in [-0.2, -0.15) is 0 Å². The Bertz CT molecular complexity index is 561. The van der Waals surface area contributed by atoms with E-state index in [0.717, 1.165) is 12.8 Å². The molecule has 1 aromatic rings. The summed E-state index contributed by atoms with van der Waals surface area (Å²) >= 11 is 0. The molecule has 0 aliphatic heterocycles. The van der Waals surface area contributed by atoms with Crippen molar-refractivity contribution in [2.75, 3.05) is 5.32 Å². The SMILES string of the molecule is CC(C)(C)[C@H](N)C(=O)Nc1ccc(C(=O)NC2CCCC2)cc1.Cl. The third-order valence-electron chi connectivity index (χ3n) is 4.32. The van der Waals surface area contributed by atoms with Crippen LogP contribution in [0.5, 0.6) is 0 Å². The first-order chi connectivity index (χ1) is 10.8. The fourth-order valence-electron chi connectivity index (χ4n) is 2.66. The third-order valence-corrected chi connectivity index (χ3v) is 4.32. The number of hydrogen-bond acceptors (Lipinski definition) is 3. The van der Waals surface area contributed by atoms with Crippen molar-refractivity contribution in [2.45, 2.75) is 58.5 Å². The van der Waals surface area contributed by atoms with Crippen molar-refractivity contribution in [3.05, 3.63) is 29.8 Å². The number of hydrogen-bond donors (Lipinski definition) is 3. The maximum absolute atomic E-state index is 12.2. The van der Waals surface area contributed by atoms with Gasteiger partial charge in [-0.15, -0.1) is 12.4 Å². The number of carbonyl (C=O) groups excluding carboxylic acids is 2. The molecule has 2 rings (SSSR count). The quantitative estimate of drug-likeness (QED) is 0.777. The maximum atomic E-state index is 12.2. The Balaban J connectivity index is 0.00000288. The molecule has 134 valence electrons. The predicted octanol–water partition coefficient (Wildman–Crippen LogP) is 3.09. The number of anilines is 1. The first-order valence-corrected chi connectivity index (χ1v) is 8.25. The van der Waals surface area contributed by atoms with Gasteiger partial charge in [0, 0.05) is 17.3 Å². The lowest BCUT2D eigenvalue weighted by Gasteiger charge is -2.25. The van der Waals surface area contributed by atoms with Crippen LogP contribution in [0.15, 0.2) is 24.3 Å². The van der Waals surface area contributed by atoms with E-state index in [4.69, 9.17) is 5.73 Å². The molecule has 6 heteroatoms. The molecule has 2 amide bonds. The van der Waals surface area contributed by atoms with Gasteiger partial charge in [0.1, 0.15) is 0 Å². The van der Waals surface area contributed by atoms with E-state index in [1.165, 1.54) is 12.8 Å². The van der Waals surface area contributed by atoms with E-state index < -0.39 is 6.04 Å². The van der Waals surface area contributed by atoms with Crippen molar-refractivity contribution in [1.82, 2.24) is 5.32 Å². The molecule has 1 aromatic carbocycles. The molecule has 4 N–H and O–H groups in total. The van der Waals surface area contributed by atoms with Crippen molar-refractivity contribution in [3.8, 4) is 0 Å². The van der Waals surface area contributed by atoms with Gasteiger partial charge in [-0.3, -0.25) is 9.59 Å². The van der Waals surface area contributed by atoms with E-state index in [2.05, 4.69) is 10.6 Å². The van der Waals surface area contributed by atoms with Gasteiger partial charge in [-0.1, -0.05) is 33.6 Å². The van der Waals surface area contributed by atoms with Gasteiger partial charge in [-0.05, 0) is 42.5 Å². The summed E-state index contributed by atoms with van der Waals surface area (Å²) in [6.45, 7) is 5.77. The van der Waals surface area contributed by atoms with Gasteiger partial charge in [0.2, 0.25) is 5.91 Å². The summed E-state index contributed by atoms with van der Waals surface area (Å²) in [4.78, 5) is 24.2. The van der Waals surface area contributed by atoms with Crippen LogP contribution in [-0.4, -0.2) is 23.9 Å². The molecule has 1 aliphatic carbocycles. The van der Waals surface area contributed by atoms with Crippen LogP contribution in [0.25, 0.3) is 0 Å². The molecule has 0 radical (unpaired) electrons. The van der Waals surface area contributed by atoms with Gasteiger partial charge < -0.3 is 16.4 Å². The fourth-order valence-corrected chi connectivity index (χ4v) is 2.66. The summed E-state index contributed by atoms with van der Waals surface area (Å²) in [5.74, 6) is -0.276. The minimum Gasteiger partial charge on any atom is -0.349 e. The highest BCUT2D eigenvalue weighted by Gasteiger charge is 2.27. The van der Waals surface area contributed by atoms with E-state index >= 15 is 0 Å². The van der Waals surface area contributed by atoms with Crippen molar-refractivity contribution >= 4 is 29.9 Å². The average Bonchev–Trinajstić information content (AvgIpc) is 2.99. The Morgan fingerprint density at radius 2 is 1.67 bits per heavy atom. The zero-order valence-electron chi connectivity index (χ0n) is 14.6. The van der Waals surface area contributed by atoms with E-state index in [9.17, 15) is 9.59 Å². The summed E-state index contributed by atoms with van der Waals surface area (Å²) < 4.78 is 0. The second-order valence-corrected chi connectivity index (χ2v) is 7.37. The van der Waals surface area contributed by atoms with Crippen LogP contribution in [0.2, 0.25) is 0 Å². The summed E-state index contributed by atoms with van der Waals surface area (Å²) in [5, 5.41) is 5.84. The summed E-state index contributed by atoms with van der Waals surface area (Å²) in [6.07, 6.45) is 4.49. The lowest BCUT2D eigenvalue weighted by molar-refractivity contribution is -0.119. The van der Waals surface area contributed by atoms with Crippen LogP contribution in [0.3, 0.4) is 0 Å². The molecule has 1 saturated carbocycles. The van der Waals surface area contributed by atoms with E-state index in [1.807, 2.05) is 20.8 Å². The van der Waals surface area contributed by atoms with E-state index in [-0.39, 0.29) is 29.6 Å². The Morgan fingerprint density at radius 3 is 2.17 bits per heavy atom. The molecule has 1 atom stereocenters. The second kappa shape index (κ2) is 8.49. The number of amides is 2. The summed E-state index contributed by atoms with van der Waals surface area (Å²) in [7, 11) is 0. The molecule has 0 saturated heterocycles. The van der Waals surface area contributed by atoms with Crippen molar-refractivity contribution in [1.29, 1.82) is 0 Å². The van der Waals surface area contributed by atoms with Crippen molar-refractivity contribution in [3.63, 3.8) is 0 Å². The molecule has 24 heavy (non-hydrogen) atoms. The fraction of sp³-hybridized carbons (Fsp3) is 0.556. The zero-order chi connectivity index (χ0) is 17.0. The van der Waals surface area contributed by atoms with Crippen LogP contribution in [-0.2, 0) is 4.79 Å². The smallest absolute Gasteiger partial charge is 0.251 e. The Morgan fingerprint density at radius 1 is 1.12 bits per heavy atom. The van der Waals surface area contributed by atoms with Gasteiger partial charge in [-0.25, -0.2) is 0 Å². The molecule has 0 heterocycles. The average molecular weight is 354 g/mol. The summed E-state index contributed by atoms with van der Waals surface area (Å²) in [6, 6.07) is 6.62. The number of nitrogens with one attached hydrogen (secondary N) is 2. The monoisotopic (exact) mass is 353 g/mol. The van der Waals surface area contributed by atoms with Crippen LogP contribution in [0.4, 0.5) is 5.69 Å². The first kappa shape index (κ1) is 20.5. The molecular weight excluding hydrogens is 326 g/mol. The molecule has 5 nitrogen and oxygen atoms in total. The van der Waals surface area contributed by atoms with E-state index in [0.29, 0.717) is 17.3 Å². The molecule has 0 spiro atoms. The number of benzene rings is 1. The standard InChI is InChI=1S/C18H27N3O2.ClH/c1-18(2,3)15(19)17(23)21-14-10-8-12(9-11-14)16(22)20-13-6-4-5-7-13;/h8-11,13,15H,4-7,19H2,1-3H3,(H,20,22)(H,21,23);1H/t15-;/m1./s1. The van der Waals surface area contributed by atoms with Gasteiger partial charge in [0.25, 0.3) is 5.91 Å². The highest BCUT2D eigenvalue weighted by molar-refractivity contribution is 5.97. The molecule has 1 fully saturated rings. The third kappa shape index (κ3) is 5.49. The van der Waals surface area contributed by atoms with Gasteiger partial charge in [0.15, 0.2) is 0 Å². The van der Waals surface area contributed by atoms with Crippen molar-refractivity contribution < 1.29 is 9.59 Å². The molecule has 1 aliphatic rings. The first-order valence-electron chi connectivity index (χ1n) is 8.25. The largest absolute Gasteiger partial charge is 0.349 e. The predicted molar refractivity (Wildman–Crippen MR) is 99.5 cm³/mol. The molecule has 0 unspecified atom stereocenters. The van der Waals surface area contributed by atoms with Crippen LogP contribution >= 0.6 is 12.4 Å². The molecule has 0 aromatic heterocycles. The number of nitrogens with two attached hydrogens (primary N) is 1. The Hall–Kier alpha value is -1.59. The Labute approximate surface area is 150 Å². The topological polar surface area (TPSA) is 84.2 Å². The van der Waals surface area contributed by atoms with Crippen LogP contribution < -0.4 is 16.4 Å². The van der Waals surface area contributed by atoms with E-state index in [1.54, 1.807) is 24.3 Å². The maximum Gasteiger partial charge on any atom is 0.251 e. The van der Waals surface area contributed by atoms with Gasteiger partial charge >= 0.3 is 0 Å². The lowest BCUT2D eigenvalue weighted by Crippen LogP contribution is -2.45. The van der Waals surface area contributed by atoms with Crippen LogP contribution in [0, 0.1) is 5.41 Å².